The van der Waals surface area contributed by atoms with Crippen LogP contribution >= 0.6 is 11.3 Å². The maximum absolute atomic E-state index is 5.59. The van der Waals surface area contributed by atoms with Crippen molar-refractivity contribution in [2.45, 2.75) is 38.6 Å². The summed E-state index contributed by atoms with van der Waals surface area (Å²) in [6.45, 7) is 4.89. The van der Waals surface area contributed by atoms with E-state index in [0.29, 0.717) is 5.92 Å². The van der Waals surface area contributed by atoms with Gasteiger partial charge in [-0.2, -0.15) is 0 Å². The number of piperidine rings is 1. The lowest BCUT2D eigenvalue weighted by Gasteiger charge is -2.33. The molecule has 1 aromatic carbocycles. The third kappa shape index (κ3) is 5.14. The molecule has 0 saturated carbocycles. The first-order valence-electron chi connectivity index (χ1n) is 10.7. The summed E-state index contributed by atoms with van der Waals surface area (Å²) in [6.07, 6.45) is 3.16. The molecule has 1 saturated heterocycles. The summed E-state index contributed by atoms with van der Waals surface area (Å²) in [5.41, 5.74) is 2.21. The van der Waals surface area contributed by atoms with Crippen LogP contribution in [0.25, 0.3) is 0 Å². The van der Waals surface area contributed by atoms with Gasteiger partial charge in [0.2, 0.25) is 5.13 Å². The van der Waals surface area contributed by atoms with Gasteiger partial charge in [0.1, 0.15) is 22.3 Å². The van der Waals surface area contributed by atoms with Gasteiger partial charge in [-0.05, 0) is 50.1 Å². The highest BCUT2D eigenvalue weighted by Crippen LogP contribution is 2.33. The number of likely N-dealkylation sites (tertiary alicyclic amines) is 1. The highest BCUT2D eigenvalue weighted by molar-refractivity contribution is 7.15. The lowest BCUT2D eigenvalue weighted by molar-refractivity contribution is 0.194. The number of anilines is 2. The first-order valence-corrected chi connectivity index (χ1v) is 11.5. The highest BCUT2D eigenvalue weighted by atomic mass is 32.1. The molecule has 4 rings (SSSR count). The second-order valence-corrected chi connectivity index (χ2v) is 8.70. The average Bonchev–Trinajstić information content (AvgIpc) is 3.27. The third-order valence-electron chi connectivity index (χ3n) is 5.61. The molecule has 1 fully saturated rings. The number of ether oxygens (including phenoxy) is 2. The monoisotopic (exact) mass is 439 g/mol. The molecule has 1 aliphatic rings. The van der Waals surface area contributed by atoms with Gasteiger partial charge in [-0.1, -0.05) is 30.4 Å². The van der Waals surface area contributed by atoms with Crippen LogP contribution in [-0.2, 0) is 13.0 Å². The molecular formula is C23H29N5O2S. The zero-order valence-corrected chi connectivity index (χ0v) is 19.1. The summed E-state index contributed by atoms with van der Waals surface area (Å²) in [5, 5.41) is 13.5. The first kappa shape index (κ1) is 21.5. The Morgan fingerprint density at radius 1 is 1.10 bits per heavy atom. The summed E-state index contributed by atoms with van der Waals surface area (Å²) in [7, 11) is 3.42. The van der Waals surface area contributed by atoms with E-state index in [1.807, 2.05) is 24.3 Å². The van der Waals surface area contributed by atoms with Gasteiger partial charge in [0.05, 0.1) is 19.8 Å². The number of methoxy groups -OCH3 is 2. The number of pyridine rings is 1. The van der Waals surface area contributed by atoms with Crippen molar-refractivity contribution < 1.29 is 9.47 Å². The molecular weight excluding hydrogens is 410 g/mol. The number of hydrogen-bond donors (Lipinski definition) is 1. The molecule has 0 bridgehead atoms. The van der Waals surface area contributed by atoms with E-state index in [0.717, 1.165) is 77.6 Å². The molecule has 2 aromatic heterocycles. The third-order valence-corrected chi connectivity index (χ3v) is 6.59. The van der Waals surface area contributed by atoms with Gasteiger partial charge in [0.15, 0.2) is 0 Å². The van der Waals surface area contributed by atoms with Crippen molar-refractivity contribution in [2.75, 3.05) is 32.6 Å². The molecule has 7 nitrogen and oxygen atoms in total. The van der Waals surface area contributed by atoms with Gasteiger partial charge in [-0.3, -0.25) is 4.90 Å². The highest BCUT2D eigenvalue weighted by Gasteiger charge is 2.24. The van der Waals surface area contributed by atoms with E-state index in [4.69, 9.17) is 14.5 Å². The molecule has 1 aliphatic heterocycles. The maximum Gasteiger partial charge on any atom is 0.211 e. The number of aryl methyl sites for hydroxylation is 1. The summed E-state index contributed by atoms with van der Waals surface area (Å²) in [4.78, 5) is 7.35. The molecule has 0 spiro atoms. The number of hydrogen-bond acceptors (Lipinski definition) is 8. The standard InChI is InChI=1S/C23H29N5O2S/c1-4-22-26-27-23(31-22)25-21-12-5-9-18(24-21)16-8-7-13-28(14-16)15-17-19(29-2)10-6-11-20(17)30-3/h5-6,9-12,16H,4,7-8,13-15H2,1-3H3,(H,24,25,27). The normalized spacial score (nSPS) is 16.8. The molecule has 3 heterocycles. The van der Waals surface area contributed by atoms with E-state index in [-0.39, 0.29) is 0 Å². The lowest BCUT2D eigenvalue weighted by atomic mass is 9.93. The van der Waals surface area contributed by atoms with Crippen molar-refractivity contribution in [3.8, 4) is 11.5 Å². The van der Waals surface area contributed by atoms with E-state index in [1.54, 1.807) is 25.6 Å². The smallest absolute Gasteiger partial charge is 0.211 e. The van der Waals surface area contributed by atoms with Crippen LogP contribution in [0.1, 0.15) is 41.9 Å². The van der Waals surface area contributed by atoms with Crippen molar-refractivity contribution in [3.05, 3.63) is 52.7 Å². The van der Waals surface area contributed by atoms with Crippen molar-refractivity contribution >= 4 is 22.3 Å². The molecule has 1 N–H and O–H groups in total. The Morgan fingerprint density at radius 3 is 2.58 bits per heavy atom. The SMILES string of the molecule is CCc1nnc(Nc2cccc(C3CCCN(Cc4c(OC)cccc4OC)C3)n2)s1. The van der Waals surface area contributed by atoms with E-state index >= 15 is 0 Å². The molecule has 1 atom stereocenters. The Balaban J connectivity index is 1.47. The summed E-state index contributed by atoms with van der Waals surface area (Å²) in [5.74, 6) is 2.94. The maximum atomic E-state index is 5.59. The van der Waals surface area contributed by atoms with E-state index in [2.05, 4.69) is 39.5 Å². The molecule has 3 aromatic rings. The van der Waals surface area contributed by atoms with Crippen molar-refractivity contribution in [1.29, 1.82) is 0 Å². The van der Waals surface area contributed by atoms with E-state index in [1.165, 1.54) is 0 Å². The van der Waals surface area contributed by atoms with E-state index in [9.17, 15) is 0 Å². The van der Waals surface area contributed by atoms with Gasteiger partial charge >= 0.3 is 0 Å². The minimum Gasteiger partial charge on any atom is -0.496 e. The zero-order valence-electron chi connectivity index (χ0n) is 18.3. The number of nitrogens with zero attached hydrogens (tertiary/aromatic N) is 4. The van der Waals surface area contributed by atoms with Crippen LogP contribution in [0.5, 0.6) is 11.5 Å². The van der Waals surface area contributed by atoms with Crippen LogP contribution in [0.15, 0.2) is 36.4 Å². The quantitative estimate of drug-likeness (QED) is 0.548. The predicted molar refractivity (Wildman–Crippen MR) is 124 cm³/mol. The van der Waals surface area contributed by atoms with Gasteiger partial charge in [-0.25, -0.2) is 4.98 Å². The van der Waals surface area contributed by atoms with Gasteiger partial charge in [0.25, 0.3) is 0 Å². The number of aromatic nitrogens is 3. The number of nitrogens with one attached hydrogen (secondary N) is 1. The average molecular weight is 440 g/mol. The number of rotatable bonds is 8. The Kier molecular flexibility index (Phi) is 6.99. The lowest BCUT2D eigenvalue weighted by Crippen LogP contribution is -2.34. The second kappa shape index (κ2) is 10.1. The van der Waals surface area contributed by atoms with Crippen LogP contribution in [-0.4, -0.2) is 47.4 Å². The molecule has 164 valence electrons. The largest absolute Gasteiger partial charge is 0.496 e. The minimum atomic E-state index is 0.386. The fraction of sp³-hybridized carbons (Fsp3) is 0.435. The summed E-state index contributed by atoms with van der Waals surface area (Å²) < 4.78 is 11.2. The molecule has 8 heteroatoms. The molecule has 0 amide bonds. The zero-order chi connectivity index (χ0) is 21.6. The summed E-state index contributed by atoms with van der Waals surface area (Å²) in [6, 6.07) is 12.1. The van der Waals surface area contributed by atoms with Crippen LogP contribution in [0.2, 0.25) is 0 Å². The Morgan fingerprint density at radius 2 is 1.87 bits per heavy atom. The predicted octanol–water partition coefficient (Wildman–Crippen LogP) is 4.64. The van der Waals surface area contributed by atoms with Gasteiger partial charge < -0.3 is 14.8 Å². The Hall–Kier alpha value is -2.71. The van der Waals surface area contributed by atoms with Crippen LogP contribution in [0.4, 0.5) is 10.9 Å². The van der Waals surface area contributed by atoms with Crippen LogP contribution < -0.4 is 14.8 Å². The van der Waals surface area contributed by atoms with Gasteiger partial charge in [-0.15, -0.1) is 10.2 Å². The molecule has 1 unspecified atom stereocenters. The Bertz CT molecular complexity index is 987. The fourth-order valence-corrected chi connectivity index (χ4v) is 4.74. The van der Waals surface area contributed by atoms with Crippen molar-refractivity contribution in [3.63, 3.8) is 0 Å². The minimum absolute atomic E-state index is 0.386. The Labute approximate surface area is 187 Å². The molecule has 0 radical (unpaired) electrons. The summed E-state index contributed by atoms with van der Waals surface area (Å²) >= 11 is 1.57. The van der Waals surface area contributed by atoms with Crippen molar-refractivity contribution in [1.82, 2.24) is 20.1 Å². The van der Waals surface area contributed by atoms with E-state index < -0.39 is 0 Å². The second-order valence-electron chi connectivity index (χ2n) is 7.64. The molecule has 0 aliphatic carbocycles. The number of benzene rings is 1. The van der Waals surface area contributed by atoms with Crippen LogP contribution in [0.3, 0.4) is 0 Å². The molecule has 31 heavy (non-hydrogen) atoms. The van der Waals surface area contributed by atoms with Gasteiger partial charge in [0, 0.05) is 24.7 Å². The first-order chi connectivity index (χ1) is 15.2. The van der Waals surface area contributed by atoms with Crippen molar-refractivity contribution in [2.24, 2.45) is 0 Å². The van der Waals surface area contributed by atoms with Crippen LogP contribution in [0, 0.1) is 0 Å². The fourth-order valence-electron chi connectivity index (χ4n) is 4.05. The topological polar surface area (TPSA) is 72.4 Å².